The highest BCUT2D eigenvalue weighted by Crippen LogP contribution is 2.29. The van der Waals surface area contributed by atoms with E-state index in [1.54, 1.807) is 11.3 Å². The molecule has 0 saturated heterocycles. The molecule has 0 bridgehead atoms. The van der Waals surface area contributed by atoms with Crippen molar-refractivity contribution in [1.29, 1.82) is 0 Å². The van der Waals surface area contributed by atoms with Gasteiger partial charge in [0.1, 0.15) is 0 Å². The van der Waals surface area contributed by atoms with Gasteiger partial charge in [-0.3, -0.25) is 0 Å². The molecule has 4 heteroatoms. The fourth-order valence-corrected chi connectivity index (χ4v) is 2.43. The quantitative estimate of drug-likeness (QED) is 0.836. The molecule has 0 aliphatic rings. The zero-order valence-corrected chi connectivity index (χ0v) is 9.82. The van der Waals surface area contributed by atoms with Crippen molar-refractivity contribution in [3.05, 3.63) is 23.3 Å². The third-order valence-corrected chi connectivity index (χ3v) is 3.48. The van der Waals surface area contributed by atoms with Crippen molar-refractivity contribution in [2.24, 2.45) is 5.73 Å². The Morgan fingerprint density at radius 3 is 2.93 bits per heavy atom. The number of nitrogens with one attached hydrogen (secondary N) is 1. The Morgan fingerprint density at radius 2 is 2.20 bits per heavy atom. The molecule has 0 radical (unpaired) electrons. The number of nitrogens with zero attached hydrogens (tertiary/aromatic N) is 1. The first-order valence-corrected chi connectivity index (χ1v) is 5.84. The lowest BCUT2D eigenvalue weighted by molar-refractivity contribution is 1.02. The number of hydrogen-bond donors (Lipinski definition) is 2. The topological polar surface area (TPSA) is 50.9 Å². The molecule has 1 aromatic heterocycles. The van der Waals surface area contributed by atoms with E-state index in [9.17, 15) is 0 Å². The van der Waals surface area contributed by atoms with E-state index in [0.717, 1.165) is 17.2 Å². The van der Waals surface area contributed by atoms with E-state index in [2.05, 4.69) is 36.3 Å². The summed E-state index contributed by atoms with van der Waals surface area (Å²) in [5.74, 6) is 0. The Morgan fingerprint density at radius 1 is 1.40 bits per heavy atom. The van der Waals surface area contributed by atoms with Crippen molar-refractivity contribution < 1.29 is 0 Å². The van der Waals surface area contributed by atoms with Gasteiger partial charge in [0, 0.05) is 13.1 Å². The van der Waals surface area contributed by atoms with Crippen LogP contribution < -0.4 is 11.1 Å². The molecular formula is C11H15N3S. The van der Waals surface area contributed by atoms with Crippen molar-refractivity contribution in [2.75, 3.05) is 18.4 Å². The monoisotopic (exact) mass is 221 g/mol. The number of thiazole rings is 1. The molecule has 80 valence electrons. The Kier molecular flexibility index (Phi) is 2.88. The fraction of sp³-hybridized carbons (Fsp3) is 0.364. The van der Waals surface area contributed by atoms with Crippen molar-refractivity contribution in [3.63, 3.8) is 0 Å². The van der Waals surface area contributed by atoms with E-state index in [1.165, 1.54) is 15.8 Å². The Labute approximate surface area is 93.3 Å². The Bertz CT molecular complexity index is 476. The number of anilines is 1. The summed E-state index contributed by atoms with van der Waals surface area (Å²) in [6.07, 6.45) is 0. The number of rotatable bonds is 3. The van der Waals surface area contributed by atoms with Gasteiger partial charge in [-0.2, -0.15) is 0 Å². The molecule has 0 atom stereocenters. The maximum absolute atomic E-state index is 5.44. The molecule has 0 fully saturated rings. The molecule has 1 aromatic carbocycles. The van der Waals surface area contributed by atoms with Gasteiger partial charge in [-0.1, -0.05) is 17.4 Å². The normalized spacial score (nSPS) is 10.9. The second-order valence-corrected chi connectivity index (χ2v) is 4.62. The van der Waals surface area contributed by atoms with Crippen LogP contribution in [0.25, 0.3) is 10.2 Å². The zero-order valence-electron chi connectivity index (χ0n) is 9.00. The largest absolute Gasteiger partial charge is 0.360 e. The van der Waals surface area contributed by atoms with Crippen LogP contribution in [-0.2, 0) is 0 Å². The van der Waals surface area contributed by atoms with E-state index < -0.39 is 0 Å². The van der Waals surface area contributed by atoms with Crippen LogP contribution in [0, 0.1) is 13.8 Å². The van der Waals surface area contributed by atoms with E-state index in [0.29, 0.717) is 6.54 Å². The van der Waals surface area contributed by atoms with Crippen LogP contribution in [0.4, 0.5) is 5.13 Å². The predicted molar refractivity (Wildman–Crippen MR) is 66.6 cm³/mol. The molecule has 2 rings (SSSR count). The SMILES string of the molecule is Cc1ccc2sc(NCCN)nc2c1C. The lowest BCUT2D eigenvalue weighted by Crippen LogP contribution is -2.12. The average Bonchev–Trinajstić information content (AvgIpc) is 2.64. The molecule has 15 heavy (non-hydrogen) atoms. The number of fused-ring (bicyclic) bond motifs is 1. The highest BCUT2D eigenvalue weighted by Gasteiger charge is 2.06. The molecule has 0 aliphatic carbocycles. The summed E-state index contributed by atoms with van der Waals surface area (Å²) in [5.41, 5.74) is 9.11. The van der Waals surface area contributed by atoms with E-state index >= 15 is 0 Å². The lowest BCUT2D eigenvalue weighted by atomic mass is 10.1. The third-order valence-electron chi connectivity index (χ3n) is 2.51. The number of hydrogen-bond acceptors (Lipinski definition) is 4. The molecule has 0 amide bonds. The van der Waals surface area contributed by atoms with Gasteiger partial charge in [-0.25, -0.2) is 4.98 Å². The van der Waals surface area contributed by atoms with Gasteiger partial charge in [-0.15, -0.1) is 0 Å². The van der Waals surface area contributed by atoms with E-state index in [-0.39, 0.29) is 0 Å². The van der Waals surface area contributed by atoms with Crippen LogP contribution >= 0.6 is 11.3 Å². The number of aryl methyl sites for hydroxylation is 2. The predicted octanol–water partition coefficient (Wildman–Crippen LogP) is 2.28. The maximum atomic E-state index is 5.44. The van der Waals surface area contributed by atoms with Gasteiger partial charge in [0.25, 0.3) is 0 Å². The highest BCUT2D eigenvalue weighted by molar-refractivity contribution is 7.22. The van der Waals surface area contributed by atoms with Gasteiger partial charge in [0.15, 0.2) is 5.13 Å². The standard InChI is InChI=1S/C11H15N3S/c1-7-3-4-9-10(8(7)2)14-11(15-9)13-6-5-12/h3-4H,5-6,12H2,1-2H3,(H,13,14). The molecule has 0 saturated carbocycles. The first kappa shape index (κ1) is 10.4. The van der Waals surface area contributed by atoms with Crippen LogP contribution in [0.15, 0.2) is 12.1 Å². The second-order valence-electron chi connectivity index (χ2n) is 3.59. The molecule has 0 unspecified atom stereocenters. The van der Waals surface area contributed by atoms with Crippen molar-refractivity contribution >= 4 is 26.7 Å². The molecule has 3 N–H and O–H groups in total. The minimum Gasteiger partial charge on any atom is -0.360 e. The summed E-state index contributed by atoms with van der Waals surface area (Å²) in [6, 6.07) is 4.27. The molecule has 1 heterocycles. The fourth-order valence-electron chi connectivity index (χ4n) is 1.48. The molecule has 0 spiro atoms. The molecule has 3 nitrogen and oxygen atoms in total. The van der Waals surface area contributed by atoms with Gasteiger partial charge in [-0.05, 0) is 31.0 Å². The van der Waals surface area contributed by atoms with E-state index in [4.69, 9.17) is 5.73 Å². The van der Waals surface area contributed by atoms with Crippen LogP contribution in [0.5, 0.6) is 0 Å². The van der Waals surface area contributed by atoms with Gasteiger partial charge >= 0.3 is 0 Å². The Balaban J connectivity index is 2.42. The van der Waals surface area contributed by atoms with Crippen molar-refractivity contribution in [1.82, 2.24) is 4.98 Å². The van der Waals surface area contributed by atoms with Crippen LogP contribution in [0.2, 0.25) is 0 Å². The maximum Gasteiger partial charge on any atom is 0.183 e. The van der Waals surface area contributed by atoms with Gasteiger partial charge in [0.05, 0.1) is 10.2 Å². The zero-order chi connectivity index (χ0) is 10.8. The first-order valence-electron chi connectivity index (χ1n) is 5.03. The number of aromatic nitrogens is 1. The summed E-state index contributed by atoms with van der Waals surface area (Å²) in [5, 5.41) is 4.18. The smallest absolute Gasteiger partial charge is 0.183 e. The van der Waals surface area contributed by atoms with Crippen molar-refractivity contribution in [2.45, 2.75) is 13.8 Å². The van der Waals surface area contributed by atoms with E-state index in [1.807, 2.05) is 0 Å². The third kappa shape index (κ3) is 1.96. The van der Waals surface area contributed by atoms with Crippen LogP contribution in [-0.4, -0.2) is 18.1 Å². The van der Waals surface area contributed by atoms with Crippen molar-refractivity contribution in [3.8, 4) is 0 Å². The highest BCUT2D eigenvalue weighted by atomic mass is 32.1. The minimum atomic E-state index is 0.633. The summed E-state index contributed by atoms with van der Waals surface area (Å²) >= 11 is 1.68. The molecule has 0 aliphatic heterocycles. The number of benzene rings is 1. The average molecular weight is 221 g/mol. The molecular weight excluding hydrogens is 206 g/mol. The summed E-state index contributed by atoms with van der Waals surface area (Å²) in [6.45, 7) is 5.64. The van der Waals surface area contributed by atoms with Crippen LogP contribution in [0.3, 0.4) is 0 Å². The lowest BCUT2D eigenvalue weighted by Gasteiger charge is -1.98. The van der Waals surface area contributed by atoms with Crippen LogP contribution in [0.1, 0.15) is 11.1 Å². The summed E-state index contributed by atoms with van der Waals surface area (Å²) in [4.78, 5) is 4.56. The summed E-state index contributed by atoms with van der Waals surface area (Å²) < 4.78 is 1.23. The van der Waals surface area contributed by atoms with Gasteiger partial charge < -0.3 is 11.1 Å². The minimum absolute atomic E-state index is 0.633. The Hall–Kier alpha value is -1.13. The number of nitrogens with two attached hydrogens (primary N) is 1. The summed E-state index contributed by atoms with van der Waals surface area (Å²) in [7, 11) is 0. The molecule has 2 aromatic rings. The first-order chi connectivity index (χ1) is 7.22. The second kappa shape index (κ2) is 4.16. The van der Waals surface area contributed by atoms with Gasteiger partial charge in [0.2, 0.25) is 0 Å².